The zero-order valence-electron chi connectivity index (χ0n) is 12.3. The zero-order chi connectivity index (χ0) is 15.6. The Kier molecular flexibility index (Phi) is 3.83. The van der Waals surface area contributed by atoms with Crippen molar-refractivity contribution in [2.75, 3.05) is 0 Å². The van der Waals surface area contributed by atoms with Crippen LogP contribution >= 0.6 is 0 Å². The first-order chi connectivity index (χ1) is 10.6. The smallest absolute Gasteiger partial charge is 0.196 e. The van der Waals surface area contributed by atoms with Crippen molar-refractivity contribution in [1.82, 2.24) is 5.32 Å². The molecule has 3 N–H and O–H groups in total. The standard InChI is InChI=1S/C16H20N4O2/c17-15-18-13(19-16(20-15)7-2-1-3-8-16)10-11-5-4-6-12(9-11)14(21)22/h4-6,9H,1-3,7-8,10H2,(H,21,22)(H3,17,18,19,20)/p-1. The molecule has 1 aliphatic carbocycles. The molecule has 1 spiro atoms. The number of guanidine groups is 1. The van der Waals surface area contributed by atoms with E-state index in [9.17, 15) is 9.90 Å². The Hall–Kier alpha value is -2.37. The van der Waals surface area contributed by atoms with Gasteiger partial charge in [-0.3, -0.25) is 0 Å². The average molecular weight is 299 g/mol. The number of hydrogen-bond acceptors (Lipinski definition) is 6. The number of carbonyl (C=O) groups is 1. The van der Waals surface area contributed by atoms with Crippen molar-refractivity contribution in [3.63, 3.8) is 0 Å². The predicted octanol–water partition coefficient (Wildman–Crippen LogP) is 0.569. The fraction of sp³-hybridized carbons (Fsp3) is 0.438. The largest absolute Gasteiger partial charge is 0.545 e. The second kappa shape index (κ2) is 5.79. The van der Waals surface area contributed by atoms with E-state index in [2.05, 4.69) is 10.3 Å². The molecule has 0 bridgehead atoms. The summed E-state index contributed by atoms with van der Waals surface area (Å²) < 4.78 is 0. The number of carboxylic acids is 1. The van der Waals surface area contributed by atoms with Crippen LogP contribution in [-0.4, -0.2) is 23.4 Å². The summed E-state index contributed by atoms with van der Waals surface area (Å²) in [5.41, 5.74) is 6.52. The monoisotopic (exact) mass is 299 g/mol. The lowest BCUT2D eigenvalue weighted by atomic mass is 9.89. The van der Waals surface area contributed by atoms with Crippen LogP contribution in [0.15, 0.2) is 34.3 Å². The van der Waals surface area contributed by atoms with Crippen molar-refractivity contribution in [3.8, 4) is 0 Å². The summed E-state index contributed by atoms with van der Waals surface area (Å²) in [6.45, 7) is 0. The lowest BCUT2D eigenvalue weighted by Gasteiger charge is -2.34. The Morgan fingerprint density at radius 3 is 2.77 bits per heavy atom. The number of aliphatic imine (C=N–C) groups is 2. The normalized spacial score (nSPS) is 20.0. The van der Waals surface area contributed by atoms with E-state index in [4.69, 9.17) is 10.7 Å². The van der Waals surface area contributed by atoms with Gasteiger partial charge < -0.3 is 21.0 Å². The molecule has 0 radical (unpaired) electrons. The number of rotatable bonds is 3. The summed E-state index contributed by atoms with van der Waals surface area (Å²) in [6, 6.07) is 6.70. The van der Waals surface area contributed by atoms with Gasteiger partial charge >= 0.3 is 0 Å². The van der Waals surface area contributed by atoms with Gasteiger partial charge in [0.1, 0.15) is 5.84 Å². The topological polar surface area (TPSA) is 103 Å². The number of nitrogens with zero attached hydrogens (tertiary/aromatic N) is 2. The molecule has 1 aromatic carbocycles. The Balaban J connectivity index is 1.82. The first kappa shape index (κ1) is 14.6. The summed E-state index contributed by atoms with van der Waals surface area (Å²) in [7, 11) is 0. The minimum Gasteiger partial charge on any atom is -0.545 e. The molecule has 6 heteroatoms. The van der Waals surface area contributed by atoms with Crippen LogP contribution in [-0.2, 0) is 6.42 Å². The summed E-state index contributed by atoms with van der Waals surface area (Å²) in [5, 5.41) is 13.9. The van der Waals surface area contributed by atoms with Gasteiger partial charge in [0, 0.05) is 6.42 Å². The number of benzene rings is 1. The van der Waals surface area contributed by atoms with E-state index >= 15 is 0 Å². The highest BCUT2D eigenvalue weighted by Gasteiger charge is 2.34. The average Bonchev–Trinajstić information content (AvgIpc) is 2.47. The summed E-state index contributed by atoms with van der Waals surface area (Å²) >= 11 is 0. The molecule has 1 aliphatic heterocycles. The molecule has 3 rings (SSSR count). The first-order valence-electron chi connectivity index (χ1n) is 7.58. The zero-order valence-corrected chi connectivity index (χ0v) is 12.3. The van der Waals surface area contributed by atoms with E-state index in [0.29, 0.717) is 12.4 Å². The Labute approximate surface area is 129 Å². The molecule has 0 unspecified atom stereocenters. The molecule has 1 aromatic rings. The van der Waals surface area contributed by atoms with E-state index < -0.39 is 11.6 Å². The maximum absolute atomic E-state index is 10.9. The summed E-state index contributed by atoms with van der Waals surface area (Å²) in [5.74, 6) is -0.0435. The van der Waals surface area contributed by atoms with Crippen molar-refractivity contribution < 1.29 is 9.90 Å². The van der Waals surface area contributed by atoms with Gasteiger partial charge in [-0.05, 0) is 42.9 Å². The van der Waals surface area contributed by atoms with E-state index in [1.54, 1.807) is 12.1 Å². The van der Waals surface area contributed by atoms with Gasteiger partial charge in [0.25, 0.3) is 0 Å². The molecule has 0 saturated heterocycles. The van der Waals surface area contributed by atoms with E-state index in [0.717, 1.165) is 37.1 Å². The first-order valence-corrected chi connectivity index (χ1v) is 7.58. The lowest BCUT2D eigenvalue weighted by Crippen LogP contribution is -2.47. The Morgan fingerprint density at radius 1 is 1.27 bits per heavy atom. The van der Waals surface area contributed by atoms with E-state index in [-0.39, 0.29) is 5.56 Å². The van der Waals surface area contributed by atoms with Gasteiger partial charge in [0.15, 0.2) is 11.6 Å². The van der Waals surface area contributed by atoms with Crippen molar-refractivity contribution in [1.29, 1.82) is 0 Å². The third kappa shape index (κ3) is 3.10. The van der Waals surface area contributed by atoms with Crippen molar-refractivity contribution in [2.45, 2.75) is 44.2 Å². The summed E-state index contributed by atoms with van der Waals surface area (Å²) in [6.07, 6.45) is 5.75. The third-order valence-corrected chi connectivity index (χ3v) is 4.13. The number of nitrogens with two attached hydrogens (primary N) is 1. The quantitative estimate of drug-likeness (QED) is 0.851. The predicted molar refractivity (Wildman–Crippen MR) is 82.5 cm³/mol. The van der Waals surface area contributed by atoms with Gasteiger partial charge in [-0.1, -0.05) is 24.6 Å². The number of carbonyl (C=O) groups excluding carboxylic acids is 1. The molecule has 1 saturated carbocycles. The van der Waals surface area contributed by atoms with E-state index in [1.807, 2.05) is 6.07 Å². The van der Waals surface area contributed by atoms with Crippen LogP contribution in [0.3, 0.4) is 0 Å². The Bertz CT molecular complexity index is 645. The highest BCUT2D eigenvalue weighted by molar-refractivity contribution is 6.01. The molecule has 0 atom stereocenters. The fourth-order valence-corrected chi connectivity index (χ4v) is 3.13. The molecule has 1 fully saturated rings. The number of carboxylic acid groups (broad SMARTS) is 1. The van der Waals surface area contributed by atoms with Gasteiger partial charge in [0.05, 0.1) is 5.97 Å². The van der Waals surface area contributed by atoms with Crippen molar-refractivity contribution >= 4 is 17.8 Å². The summed E-state index contributed by atoms with van der Waals surface area (Å²) in [4.78, 5) is 20.2. The molecule has 1 heterocycles. The number of amidine groups is 1. The molecule has 2 aliphatic rings. The molecule has 0 aromatic heterocycles. The van der Waals surface area contributed by atoms with Crippen LogP contribution in [0.1, 0.15) is 48.0 Å². The molecule has 22 heavy (non-hydrogen) atoms. The molecule has 0 amide bonds. The van der Waals surface area contributed by atoms with Gasteiger partial charge in [-0.15, -0.1) is 0 Å². The van der Waals surface area contributed by atoms with Crippen LogP contribution in [0, 0.1) is 0 Å². The second-order valence-corrected chi connectivity index (χ2v) is 5.89. The third-order valence-electron chi connectivity index (χ3n) is 4.13. The second-order valence-electron chi connectivity index (χ2n) is 5.89. The van der Waals surface area contributed by atoms with Crippen LogP contribution < -0.4 is 16.2 Å². The maximum Gasteiger partial charge on any atom is 0.196 e. The van der Waals surface area contributed by atoms with Crippen LogP contribution in [0.2, 0.25) is 0 Å². The van der Waals surface area contributed by atoms with E-state index in [1.165, 1.54) is 12.5 Å². The van der Waals surface area contributed by atoms with Crippen LogP contribution in [0.5, 0.6) is 0 Å². The highest BCUT2D eigenvalue weighted by Crippen LogP contribution is 2.34. The van der Waals surface area contributed by atoms with Crippen molar-refractivity contribution in [3.05, 3.63) is 35.4 Å². The minimum absolute atomic E-state index is 0.169. The molecule has 6 nitrogen and oxygen atoms in total. The lowest BCUT2D eigenvalue weighted by molar-refractivity contribution is -0.255. The number of aromatic carboxylic acids is 1. The van der Waals surface area contributed by atoms with Crippen molar-refractivity contribution in [2.24, 2.45) is 15.7 Å². The minimum atomic E-state index is -1.18. The molecular formula is C16H19N4O2-. The van der Waals surface area contributed by atoms with Crippen LogP contribution in [0.4, 0.5) is 0 Å². The highest BCUT2D eigenvalue weighted by atomic mass is 16.4. The van der Waals surface area contributed by atoms with Gasteiger partial charge in [0.2, 0.25) is 0 Å². The van der Waals surface area contributed by atoms with Gasteiger partial charge in [-0.2, -0.15) is 0 Å². The number of hydrogen-bond donors (Lipinski definition) is 2. The Morgan fingerprint density at radius 2 is 2.05 bits per heavy atom. The SMILES string of the molecule is NC1=NC2(CCCCC2)N=C(Cc2cccc(C(=O)[O-])c2)N1. The van der Waals surface area contributed by atoms with Crippen LogP contribution in [0.25, 0.3) is 0 Å². The maximum atomic E-state index is 10.9. The molecule has 116 valence electrons. The van der Waals surface area contributed by atoms with Gasteiger partial charge in [-0.25, -0.2) is 9.98 Å². The molecular weight excluding hydrogens is 280 g/mol. The number of nitrogens with one attached hydrogen (secondary N) is 1. The fourth-order valence-electron chi connectivity index (χ4n) is 3.13.